The first-order valence-corrected chi connectivity index (χ1v) is 13.4. The molecular formula is C24H20BrF3N4O4S. The van der Waals surface area contributed by atoms with Crippen molar-refractivity contribution in [3.8, 4) is 11.3 Å². The second-order valence-electron chi connectivity index (χ2n) is 8.80. The maximum absolute atomic E-state index is 13.0. The molecule has 0 unspecified atom stereocenters. The van der Waals surface area contributed by atoms with E-state index in [1.54, 1.807) is 29.8 Å². The number of aromatic nitrogens is 2. The number of imidazole rings is 1. The normalized spacial score (nSPS) is 14.3. The molecule has 1 aliphatic carbocycles. The molecule has 5 rings (SSSR count). The first-order valence-electron chi connectivity index (χ1n) is 11.1. The van der Waals surface area contributed by atoms with Gasteiger partial charge in [-0.05, 0) is 65.5 Å². The summed E-state index contributed by atoms with van der Waals surface area (Å²) in [5.74, 6) is 0.675. The zero-order valence-corrected chi connectivity index (χ0v) is 21.7. The van der Waals surface area contributed by atoms with E-state index in [9.17, 15) is 26.4 Å². The number of hydrogen-bond acceptors (Lipinski definition) is 5. The van der Waals surface area contributed by atoms with Gasteiger partial charge in [0, 0.05) is 23.4 Å². The maximum atomic E-state index is 13.0. The van der Waals surface area contributed by atoms with Gasteiger partial charge >= 0.3 is 15.5 Å². The first-order chi connectivity index (χ1) is 17.4. The first kappa shape index (κ1) is 25.3. The molecule has 0 spiro atoms. The summed E-state index contributed by atoms with van der Waals surface area (Å²) in [5, 5.41) is 0.617. The zero-order chi connectivity index (χ0) is 26.7. The van der Waals surface area contributed by atoms with E-state index in [0.717, 1.165) is 24.2 Å². The standard InChI is InChI=1S/C24H20BrF3N4O4S/c1-12-20(22(29)33)32(23(30-12)14-7-8-14)11-13-6-9-18-16(10-13)19(25)21(36-18)15-4-2-3-5-17(15)31-37(34,35)24(26,27)28/h2-6,9-10,14,31H,7-8,11H2,1H3,(H2,29,33). The van der Waals surface area contributed by atoms with E-state index in [4.69, 9.17) is 10.2 Å². The third-order valence-corrected chi connectivity index (χ3v) is 7.99. The molecule has 1 saturated carbocycles. The van der Waals surface area contributed by atoms with Crippen molar-refractivity contribution in [3.05, 3.63) is 69.7 Å². The van der Waals surface area contributed by atoms with Crippen molar-refractivity contribution < 1.29 is 30.8 Å². The second kappa shape index (κ2) is 8.91. The Balaban J connectivity index is 1.55. The van der Waals surface area contributed by atoms with E-state index in [-0.39, 0.29) is 22.9 Å². The summed E-state index contributed by atoms with van der Waals surface area (Å²) in [6.45, 7) is 2.07. The molecule has 8 nitrogen and oxygen atoms in total. The molecule has 2 aromatic heterocycles. The number of primary amides is 1. The minimum atomic E-state index is -5.63. The highest BCUT2D eigenvalue weighted by atomic mass is 79.9. The van der Waals surface area contributed by atoms with Gasteiger partial charge in [0.25, 0.3) is 5.91 Å². The molecule has 0 aliphatic heterocycles. The van der Waals surface area contributed by atoms with Crippen molar-refractivity contribution >= 4 is 48.5 Å². The fourth-order valence-corrected chi connectivity index (χ4v) is 5.45. The number of aryl methyl sites for hydroxylation is 1. The predicted molar refractivity (Wildman–Crippen MR) is 135 cm³/mol. The average Bonchev–Trinajstić information content (AvgIpc) is 3.53. The van der Waals surface area contributed by atoms with Gasteiger partial charge in [-0.3, -0.25) is 9.52 Å². The van der Waals surface area contributed by atoms with Crippen LogP contribution >= 0.6 is 15.9 Å². The Morgan fingerprint density at radius 3 is 2.59 bits per heavy atom. The van der Waals surface area contributed by atoms with Crippen LogP contribution in [0.15, 0.2) is 51.4 Å². The predicted octanol–water partition coefficient (Wildman–Crippen LogP) is 5.65. The SMILES string of the molecule is Cc1nc(C2CC2)n(Cc2ccc3oc(-c4ccccc4NS(=O)(=O)C(F)(F)F)c(Br)c3c2)c1C(N)=O. The van der Waals surface area contributed by atoms with Gasteiger partial charge in [-0.25, -0.2) is 4.98 Å². The number of anilines is 1. The summed E-state index contributed by atoms with van der Waals surface area (Å²) in [5.41, 5.74) is 2.15. The maximum Gasteiger partial charge on any atom is 0.516 e. The number of carbonyl (C=O) groups excluding carboxylic acids is 1. The quantitative estimate of drug-likeness (QED) is 0.285. The van der Waals surface area contributed by atoms with Crippen LogP contribution in [0.5, 0.6) is 0 Å². The number of nitrogens with one attached hydrogen (secondary N) is 1. The molecule has 3 N–H and O–H groups in total. The number of sulfonamides is 1. The van der Waals surface area contributed by atoms with Crippen molar-refractivity contribution in [2.24, 2.45) is 5.73 Å². The Bertz CT molecular complexity index is 1660. The molecule has 194 valence electrons. The lowest BCUT2D eigenvalue weighted by molar-refractivity contribution is -0.0429. The van der Waals surface area contributed by atoms with E-state index >= 15 is 0 Å². The number of amides is 1. The van der Waals surface area contributed by atoms with Gasteiger partial charge in [-0.2, -0.15) is 21.6 Å². The molecule has 0 radical (unpaired) electrons. The minimum Gasteiger partial charge on any atom is -0.455 e. The van der Waals surface area contributed by atoms with Gasteiger partial charge in [0.15, 0.2) is 5.76 Å². The number of hydrogen-bond donors (Lipinski definition) is 2. The smallest absolute Gasteiger partial charge is 0.455 e. The zero-order valence-electron chi connectivity index (χ0n) is 19.3. The topological polar surface area (TPSA) is 120 Å². The molecule has 37 heavy (non-hydrogen) atoms. The molecule has 2 aromatic carbocycles. The number of rotatable bonds is 7. The summed E-state index contributed by atoms with van der Waals surface area (Å²) < 4.78 is 72.1. The highest BCUT2D eigenvalue weighted by molar-refractivity contribution is 9.10. The van der Waals surface area contributed by atoms with Crippen molar-refractivity contribution in [2.45, 2.75) is 37.7 Å². The summed E-state index contributed by atoms with van der Waals surface area (Å²) >= 11 is 3.46. The summed E-state index contributed by atoms with van der Waals surface area (Å²) in [7, 11) is -5.63. The summed E-state index contributed by atoms with van der Waals surface area (Å²) in [6, 6.07) is 11.0. The number of carbonyl (C=O) groups is 1. The van der Waals surface area contributed by atoms with Crippen molar-refractivity contribution in [2.75, 3.05) is 4.72 Å². The van der Waals surface area contributed by atoms with Crippen molar-refractivity contribution in [1.82, 2.24) is 9.55 Å². The molecule has 4 aromatic rings. The van der Waals surface area contributed by atoms with Crippen LogP contribution in [0.2, 0.25) is 0 Å². The number of halogens is 4. The highest BCUT2D eigenvalue weighted by Crippen LogP contribution is 2.43. The molecule has 0 bridgehead atoms. The van der Waals surface area contributed by atoms with Crippen LogP contribution in [0.3, 0.4) is 0 Å². The number of fused-ring (bicyclic) bond motifs is 1. The van der Waals surface area contributed by atoms with Crippen LogP contribution in [0.25, 0.3) is 22.3 Å². The number of para-hydroxylation sites is 1. The number of benzene rings is 2. The molecule has 0 atom stereocenters. The Labute approximate surface area is 217 Å². The molecule has 1 aliphatic rings. The monoisotopic (exact) mass is 596 g/mol. The Morgan fingerprint density at radius 2 is 1.95 bits per heavy atom. The molecular weight excluding hydrogens is 577 g/mol. The minimum absolute atomic E-state index is 0.122. The lowest BCUT2D eigenvalue weighted by Crippen LogP contribution is -2.30. The second-order valence-corrected chi connectivity index (χ2v) is 11.3. The van der Waals surface area contributed by atoms with Crippen LogP contribution in [0.4, 0.5) is 18.9 Å². The Kier molecular flexibility index (Phi) is 6.10. The Morgan fingerprint density at radius 1 is 1.24 bits per heavy atom. The average molecular weight is 597 g/mol. The van der Waals surface area contributed by atoms with Crippen LogP contribution in [-0.2, 0) is 16.6 Å². The van der Waals surface area contributed by atoms with Crippen LogP contribution in [0, 0.1) is 6.92 Å². The number of nitrogens with zero attached hydrogens (tertiary/aromatic N) is 2. The van der Waals surface area contributed by atoms with E-state index in [2.05, 4.69) is 20.9 Å². The van der Waals surface area contributed by atoms with Crippen molar-refractivity contribution in [1.29, 1.82) is 0 Å². The van der Waals surface area contributed by atoms with Gasteiger partial charge in [-0.1, -0.05) is 18.2 Å². The molecule has 1 amide bonds. The van der Waals surface area contributed by atoms with Gasteiger partial charge in [0.2, 0.25) is 0 Å². The Hall–Kier alpha value is -3.32. The van der Waals surface area contributed by atoms with Gasteiger partial charge < -0.3 is 14.7 Å². The molecule has 0 saturated heterocycles. The van der Waals surface area contributed by atoms with Crippen LogP contribution in [-0.4, -0.2) is 29.4 Å². The van der Waals surface area contributed by atoms with Crippen LogP contribution < -0.4 is 10.5 Å². The summed E-state index contributed by atoms with van der Waals surface area (Å²) in [6.07, 6.45) is 1.98. The number of nitrogens with two attached hydrogens (primary N) is 1. The fourth-order valence-electron chi connectivity index (χ4n) is 4.26. The largest absolute Gasteiger partial charge is 0.516 e. The molecule has 13 heteroatoms. The number of alkyl halides is 3. The van der Waals surface area contributed by atoms with Crippen molar-refractivity contribution in [3.63, 3.8) is 0 Å². The fraction of sp³-hybridized carbons (Fsp3) is 0.250. The highest BCUT2D eigenvalue weighted by Gasteiger charge is 2.46. The van der Waals surface area contributed by atoms with E-state index in [0.29, 0.717) is 33.4 Å². The number of furan rings is 1. The third-order valence-electron chi connectivity index (χ3n) is 6.10. The summed E-state index contributed by atoms with van der Waals surface area (Å²) in [4.78, 5) is 16.7. The van der Waals surface area contributed by atoms with Crippen LogP contribution in [0.1, 0.15) is 46.3 Å². The molecule has 1 fully saturated rings. The third kappa shape index (κ3) is 4.61. The van der Waals surface area contributed by atoms with E-state index in [1.807, 2.05) is 10.6 Å². The van der Waals surface area contributed by atoms with E-state index in [1.165, 1.54) is 18.2 Å². The van der Waals surface area contributed by atoms with Gasteiger partial charge in [0.05, 0.1) is 15.9 Å². The van der Waals surface area contributed by atoms with E-state index < -0.39 is 21.4 Å². The van der Waals surface area contributed by atoms with Gasteiger partial charge in [0.1, 0.15) is 17.1 Å². The lowest BCUT2D eigenvalue weighted by atomic mass is 10.1. The molecule has 2 heterocycles. The lowest BCUT2D eigenvalue weighted by Gasteiger charge is -2.13. The van der Waals surface area contributed by atoms with Gasteiger partial charge in [-0.15, -0.1) is 0 Å².